The number of hydrogen-bond acceptors (Lipinski definition) is 3. The molecule has 2 rings (SSSR count). The highest BCUT2D eigenvalue weighted by Crippen LogP contribution is 2.27. The number of benzene rings is 1. The van der Waals surface area contributed by atoms with E-state index in [9.17, 15) is 4.79 Å². The van der Waals surface area contributed by atoms with Crippen LogP contribution >= 0.6 is 27.7 Å². The van der Waals surface area contributed by atoms with Crippen LogP contribution in [0, 0.1) is 0 Å². The molecule has 0 radical (unpaired) electrons. The Morgan fingerprint density at radius 2 is 2.36 bits per heavy atom. The van der Waals surface area contributed by atoms with Gasteiger partial charge in [-0.2, -0.15) is 0 Å². The lowest BCUT2D eigenvalue weighted by Gasteiger charge is -2.17. The van der Waals surface area contributed by atoms with E-state index in [-0.39, 0.29) is 0 Å². The Kier molecular flexibility index (Phi) is 3.13. The number of thioether (sulfide) groups is 1. The summed E-state index contributed by atoms with van der Waals surface area (Å²) < 4.78 is 0.877. The van der Waals surface area contributed by atoms with Gasteiger partial charge >= 0.3 is 0 Å². The molecular weight excluding hydrogens is 262 g/mol. The van der Waals surface area contributed by atoms with Crippen LogP contribution in [0.5, 0.6) is 0 Å². The second kappa shape index (κ2) is 4.36. The molecule has 0 unspecified atom stereocenters. The molecule has 1 saturated heterocycles. The molecule has 1 fully saturated rings. The minimum Gasteiger partial charge on any atom is -0.361 e. The summed E-state index contributed by atoms with van der Waals surface area (Å²) in [6.45, 7) is 1.09. The zero-order valence-electron chi connectivity index (χ0n) is 7.57. The van der Waals surface area contributed by atoms with Crippen molar-refractivity contribution in [2.45, 2.75) is 0 Å². The Morgan fingerprint density at radius 1 is 1.50 bits per heavy atom. The Bertz CT molecular complexity index is 350. The number of anilines is 1. The van der Waals surface area contributed by atoms with Crippen LogP contribution < -0.4 is 4.90 Å². The highest BCUT2D eigenvalue weighted by Gasteiger charge is 2.13. The van der Waals surface area contributed by atoms with Gasteiger partial charge in [-0.05, 0) is 34.1 Å². The van der Waals surface area contributed by atoms with Crippen LogP contribution in [0.1, 0.15) is 10.4 Å². The highest BCUT2D eigenvalue weighted by atomic mass is 79.9. The first-order valence-corrected chi connectivity index (χ1v) is 6.33. The first-order valence-electron chi connectivity index (χ1n) is 4.38. The predicted octanol–water partition coefficient (Wildman–Crippen LogP) is 2.77. The van der Waals surface area contributed by atoms with E-state index in [4.69, 9.17) is 0 Å². The molecule has 0 saturated carbocycles. The average Bonchev–Trinajstić information content (AvgIpc) is 2.70. The highest BCUT2D eigenvalue weighted by molar-refractivity contribution is 9.10. The molecule has 0 spiro atoms. The first kappa shape index (κ1) is 10.1. The normalized spacial score (nSPS) is 15.9. The average molecular weight is 272 g/mol. The topological polar surface area (TPSA) is 20.3 Å². The van der Waals surface area contributed by atoms with Crippen LogP contribution in [0.3, 0.4) is 0 Å². The Hall–Kier alpha value is -0.480. The number of carbonyl (C=O) groups excluding carboxylic acids is 1. The molecule has 1 aliphatic heterocycles. The van der Waals surface area contributed by atoms with Crippen molar-refractivity contribution in [3.8, 4) is 0 Å². The Morgan fingerprint density at radius 3 is 2.93 bits per heavy atom. The lowest BCUT2D eigenvalue weighted by atomic mass is 10.2. The molecule has 1 aliphatic rings. The Labute approximate surface area is 95.8 Å². The molecule has 1 heterocycles. The van der Waals surface area contributed by atoms with Gasteiger partial charge in [-0.1, -0.05) is 0 Å². The van der Waals surface area contributed by atoms with Crippen LogP contribution in [0.4, 0.5) is 5.69 Å². The van der Waals surface area contributed by atoms with Gasteiger partial charge in [-0.3, -0.25) is 4.79 Å². The van der Waals surface area contributed by atoms with Crippen LogP contribution in [0.2, 0.25) is 0 Å². The number of aldehydes is 1. The van der Waals surface area contributed by atoms with E-state index in [0.717, 1.165) is 23.2 Å². The monoisotopic (exact) mass is 271 g/mol. The fourth-order valence-electron chi connectivity index (χ4n) is 1.43. The number of hydrogen-bond donors (Lipinski definition) is 0. The summed E-state index contributed by atoms with van der Waals surface area (Å²) in [5.41, 5.74) is 1.90. The molecule has 1 aromatic carbocycles. The molecule has 74 valence electrons. The molecule has 0 aromatic heterocycles. The van der Waals surface area contributed by atoms with Crippen LogP contribution in [0.25, 0.3) is 0 Å². The zero-order valence-corrected chi connectivity index (χ0v) is 9.97. The fraction of sp³-hybridized carbons (Fsp3) is 0.300. The van der Waals surface area contributed by atoms with Gasteiger partial charge in [0.25, 0.3) is 0 Å². The number of nitrogens with zero attached hydrogens (tertiary/aromatic N) is 1. The predicted molar refractivity (Wildman–Crippen MR) is 64.2 cm³/mol. The van der Waals surface area contributed by atoms with E-state index in [1.165, 1.54) is 11.4 Å². The van der Waals surface area contributed by atoms with E-state index in [2.05, 4.69) is 20.8 Å². The van der Waals surface area contributed by atoms with E-state index in [1.54, 1.807) is 0 Å². The minimum absolute atomic E-state index is 0.709. The Balaban J connectivity index is 2.27. The first-order chi connectivity index (χ1) is 6.81. The van der Waals surface area contributed by atoms with Crippen LogP contribution in [-0.4, -0.2) is 24.5 Å². The number of carbonyl (C=O) groups is 1. The van der Waals surface area contributed by atoms with Crippen molar-refractivity contribution < 1.29 is 4.79 Å². The summed E-state index contributed by atoms with van der Waals surface area (Å²) in [6, 6.07) is 5.87. The molecule has 2 nitrogen and oxygen atoms in total. The third kappa shape index (κ3) is 1.96. The summed E-state index contributed by atoms with van der Waals surface area (Å²) in [5, 5.41) is 0. The SMILES string of the molecule is O=Cc1ccc(N2CCSC2)cc1Br. The molecule has 0 N–H and O–H groups in total. The largest absolute Gasteiger partial charge is 0.361 e. The summed E-state index contributed by atoms with van der Waals surface area (Å²) in [7, 11) is 0. The molecule has 1 aromatic rings. The fourth-order valence-corrected chi connectivity index (χ4v) is 2.86. The lowest BCUT2D eigenvalue weighted by Crippen LogP contribution is -2.17. The van der Waals surface area contributed by atoms with Gasteiger partial charge in [-0.25, -0.2) is 0 Å². The summed E-state index contributed by atoms with van der Waals surface area (Å²) >= 11 is 5.32. The van der Waals surface area contributed by atoms with Gasteiger partial charge in [0.1, 0.15) is 0 Å². The summed E-state index contributed by atoms with van der Waals surface area (Å²) in [4.78, 5) is 12.9. The van der Waals surface area contributed by atoms with E-state index >= 15 is 0 Å². The lowest BCUT2D eigenvalue weighted by molar-refractivity contribution is 0.112. The van der Waals surface area contributed by atoms with Crippen molar-refractivity contribution in [2.24, 2.45) is 0 Å². The van der Waals surface area contributed by atoms with Crippen molar-refractivity contribution in [1.29, 1.82) is 0 Å². The summed E-state index contributed by atoms with van der Waals surface area (Å²) in [5.74, 6) is 2.24. The van der Waals surface area contributed by atoms with Crippen molar-refractivity contribution in [1.82, 2.24) is 0 Å². The van der Waals surface area contributed by atoms with Crippen LogP contribution in [0.15, 0.2) is 22.7 Å². The van der Waals surface area contributed by atoms with Crippen molar-refractivity contribution >= 4 is 39.7 Å². The van der Waals surface area contributed by atoms with Gasteiger partial charge in [0.2, 0.25) is 0 Å². The third-order valence-corrected chi connectivity index (χ3v) is 3.88. The van der Waals surface area contributed by atoms with Crippen molar-refractivity contribution in [3.63, 3.8) is 0 Å². The van der Waals surface area contributed by atoms with E-state index in [1.807, 2.05) is 30.0 Å². The van der Waals surface area contributed by atoms with E-state index < -0.39 is 0 Å². The maximum absolute atomic E-state index is 10.6. The quantitative estimate of drug-likeness (QED) is 0.772. The second-order valence-electron chi connectivity index (χ2n) is 3.12. The maximum atomic E-state index is 10.6. The second-order valence-corrected chi connectivity index (χ2v) is 5.05. The van der Waals surface area contributed by atoms with Crippen molar-refractivity contribution in [3.05, 3.63) is 28.2 Å². The third-order valence-electron chi connectivity index (χ3n) is 2.23. The zero-order chi connectivity index (χ0) is 9.97. The molecule has 0 amide bonds. The molecular formula is C10H10BrNOS. The minimum atomic E-state index is 0.709. The van der Waals surface area contributed by atoms with Crippen molar-refractivity contribution in [2.75, 3.05) is 23.1 Å². The molecule has 4 heteroatoms. The summed E-state index contributed by atoms with van der Waals surface area (Å²) in [6.07, 6.45) is 0.868. The van der Waals surface area contributed by atoms with Crippen LogP contribution in [-0.2, 0) is 0 Å². The molecule has 14 heavy (non-hydrogen) atoms. The van der Waals surface area contributed by atoms with Gasteiger partial charge < -0.3 is 4.90 Å². The number of rotatable bonds is 2. The van der Waals surface area contributed by atoms with Gasteiger partial charge in [0.05, 0.1) is 5.88 Å². The standard InChI is InChI=1S/C10H10BrNOS/c11-10-5-9(2-1-8(10)6-13)12-3-4-14-7-12/h1-2,5-6H,3-4,7H2. The van der Waals surface area contributed by atoms with E-state index in [0.29, 0.717) is 5.56 Å². The molecule has 0 aliphatic carbocycles. The molecule has 0 atom stereocenters. The molecule has 0 bridgehead atoms. The van der Waals surface area contributed by atoms with Gasteiger partial charge in [0, 0.05) is 28.0 Å². The van der Waals surface area contributed by atoms with Gasteiger partial charge in [-0.15, -0.1) is 11.8 Å². The maximum Gasteiger partial charge on any atom is 0.151 e. The smallest absolute Gasteiger partial charge is 0.151 e. The number of halogens is 1. The van der Waals surface area contributed by atoms with Gasteiger partial charge in [0.15, 0.2) is 6.29 Å².